The number of aliphatic hydroxyl groups is 1. The molecular weight excluding hydrogens is 681 g/mol. The molecule has 8 fully saturated rings. The van der Waals surface area contributed by atoms with Crippen LogP contribution < -0.4 is 5.32 Å². The number of carbonyl (C=O) groups is 2. The Morgan fingerprint density at radius 2 is 1.59 bits per heavy atom. The third kappa shape index (κ3) is 5.73. The van der Waals surface area contributed by atoms with Gasteiger partial charge >= 0.3 is 12.2 Å². The van der Waals surface area contributed by atoms with E-state index in [-0.39, 0.29) is 75.5 Å². The number of carbonyl (C=O) groups excluding carboxylic acids is 2. The van der Waals surface area contributed by atoms with Gasteiger partial charge in [-0.2, -0.15) is 0 Å². The van der Waals surface area contributed by atoms with Gasteiger partial charge in [0.05, 0.1) is 18.3 Å². The van der Waals surface area contributed by atoms with Gasteiger partial charge in [-0.3, -0.25) is 9.80 Å². The molecule has 1 unspecified atom stereocenters. The Balaban J connectivity index is 0.932. The Hall–Kier alpha value is -1.62. The summed E-state index contributed by atoms with van der Waals surface area (Å²) in [6.45, 7) is 28.2. The maximum absolute atomic E-state index is 13.2. The van der Waals surface area contributed by atoms with Crippen molar-refractivity contribution in [3.63, 3.8) is 0 Å². The molecule has 5 aliphatic carbocycles. The van der Waals surface area contributed by atoms with Gasteiger partial charge in [-0.25, -0.2) is 9.59 Å². The number of likely N-dealkylation sites (tertiary alicyclic amines) is 1. The van der Waals surface area contributed by atoms with E-state index in [2.05, 4.69) is 77.4 Å². The summed E-state index contributed by atoms with van der Waals surface area (Å²) in [6.07, 6.45) is 7.86. The molecule has 0 aromatic carbocycles. The number of fused-ring (bicyclic) bond motifs is 4. The van der Waals surface area contributed by atoms with Gasteiger partial charge in [0.25, 0.3) is 0 Å². The van der Waals surface area contributed by atoms with Gasteiger partial charge in [-0.05, 0) is 117 Å². The van der Waals surface area contributed by atoms with Crippen molar-refractivity contribution in [1.29, 1.82) is 0 Å². The van der Waals surface area contributed by atoms with Crippen molar-refractivity contribution in [1.82, 2.24) is 20.0 Å². The molecule has 8 aliphatic rings. The van der Waals surface area contributed by atoms with Crippen molar-refractivity contribution < 1.29 is 28.9 Å². The smallest absolute Gasteiger partial charge is 0.410 e. The molecule has 3 saturated heterocycles. The monoisotopic (exact) mass is 755 g/mol. The molecule has 0 aromatic heterocycles. The summed E-state index contributed by atoms with van der Waals surface area (Å²) >= 11 is 0. The first kappa shape index (κ1) is 39.2. The third-order valence-electron chi connectivity index (χ3n) is 18.2. The standard InChI is InChI=1S/C44H74N4O6/c1-27(2)35(54-39(51)48-18-10-19-48)30-25-29(5)34-36(52-30)37(49)42(9)32-12-11-31-40(6,7)33(13-14-43(31)26-44(32,43)16-15-41(34,42)8)53-38(50)45-17-20-46-21-23-47(24-22-46)28(3)4/h27-37,49H,10-26H2,1-9H3,(H,45,50)/t29-,30-,31+,32+,33+,34+,35-,36+,37+,41-,42-,43-,44?/m1/s1. The Kier molecular flexibility index (Phi) is 9.99. The zero-order valence-corrected chi connectivity index (χ0v) is 35.2. The molecular formula is C44H74N4O6. The van der Waals surface area contributed by atoms with Crippen LogP contribution in [0.3, 0.4) is 0 Å². The molecule has 5 saturated carbocycles. The van der Waals surface area contributed by atoms with Crippen molar-refractivity contribution in [2.24, 2.45) is 56.7 Å². The van der Waals surface area contributed by atoms with E-state index in [1.807, 2.05) is 0 Å². The predicted molar refractivity (Wildman–Crippen MR) is 209 cm³/mol. The molecule has 10 heteroatoms. The Labute approximate surface area is 326 Å². The summed E-state index contributed by atoms with van der Waals surface area (Å²) in [5.41, 5.74) is 0.114. The van der Waals surface area contributed by atoms with Gasteiger partial charge in [0, 0.05) is 69.2 Å². The lowest BCUT2D eigenvalue weighted by atomic mass is 9.41. The number of nitrogens with one attached hydrogen (secondary N) is 1. The number of alkyl carbamates (subject to hydrolysis) is 1. The molecule has 10 nitrogen and oxygen atoms in total. The van der Waals surface area contributed by atoms with E-state index in [1.165, 1.54) is 12.8 Å². The zero-order chi connectivity index (χ0) is 38.6. The van der Waals surface area contributed by atoms with E-state index in [1.54, 1.807) is 4.90 Å². The molecule has 54 heavy (non-hydrogen) atoms. The number of nitrogens with zero attached hydrogens (tertiary/aromatic N) is 3. The molecule has 13 atom stereocenters. The minimum atomic E-state index is -0.552. The number of hydrogen-bond donors (Lipinski definition) is 2. The fraction of sp³-hybridized carbons (Fsp3) is 0.955. The van der Waals surface area contributed by atoms with Gasteiger partial charge < -0.3 is 29.5 Å². The van der Waals surface area contributed by atoms with Crippen LogP contribution in [0.5, 0.6) is 0 Å². The highest BCUT2D eigenvalue weighted by Crippen LogP contribution is 2.89. The minimum absolute atomic E-state index is 0.0223. The Morgan fingerprint density at radius 3 is 2.24 bits per heavy atom. The van der Waals surface area contributed by atoms with Gasteiger partial charge in [0.2, 0.25) is 0 Å². The zero-order valence-electron chi connectivity index (χ0n) is 35.2. The lowest BCUT2D eigenvalue weighted by Crippen LogP contribution is -2.60. The number of ether oxygens (including phenoxy) is 3. The second kappa shape index (κ2) is 13.8. The molecule has 3 heterocycles. The molecule has 2 amide bonds. The molecule has 8 rings (SSSR count). The maximum atomic E-state index is 13.2. The van der Waals surface area contributed by atoms with Crippen LogP contribution in [-0.2, 0) is 14.2 Å². The Bertz CT molecular complexity index is 1430. The van der Waals surface area contributed by atoms with E-state index in [4.69, 9.17) is 14.2 Å². The SMILES string of the molecule is CC(C)[C@@H](OC(=O)N1CCC1)[C@H]1C[C@@H](C)[C@H]2[C@H](O1)[C@H](O)[C@@]1(C)[C@@H]3CC[C@H]4C(C)(C)[C@@H](OC(=O)NCCN5CCN(C(C)C)CC5)CC[C@@]45CC35CC[C@]21C. The average molecular weight is 755 g/mol. The molecule has 2 N–H and O–H groups in total. The topological polar surface area (TPSA) is 104 Å². The number of amides is 2. The third-order valence-corrected chi connectivity index (χ3v) is 18.2. The average Bonchev–Trinajstić information content (AvgIpc) is 3.72. The fourth-order valence-electron chi connectivity index (χ4n) is 15.1. The van der Waals surface area contributed by atoms with Crippen LogP contribution in [0.4, 0.5) is 9.59 Å². The first-order valence-corrected chi connectivity index (χ1v) is 22.2. The quantitative estimate of drug-likeness (QED) is 0.280. The predicted octanol–water partition coefficient (Wildman–Crippen LogP) is 6.79. The summed E-state index contributed by atoms with van der Waals surface area (Å²) in [5, 5.41) is 15.8. The molecule has 306 valence electrons. The molecule has 0 bridgehead atoms. The normalized spacial score (nSPS) is 46.0. The highest BCUT2D eigenvalue weighted by molar-refractivity contribution is 5.68. The maximum Gasteiger partial charge on any atom is 0.410 e. The number of piperazine rings is 1. The highest BCUT2D eigenvalue weighted by atomic mass is 16.6. The van der Waals surface area contributed by atoms with E-state index in [0.717, 1.165) is 90.8 Å². The van der Waals surface area contributed by atoms with Gasteiger partial charge in [-0.1, -0.05) is 48.5 Å². The fourth-order valence-corrected chi connectivity index (χ4v) is 15.1. The lowest BCUT2D eigenvalue weighted by molar-refractivity contribution is -0.185. The number of aliphatic hydroxyl groups excluding tert-OH is 1. The van der Waals surface area contributed by atoms with Gasteiger partial charge in [-0.15, -0.1) is 0 Å². The van der Waals surface area contributed by atoms with E-state index < -0.39 is 6.10 Å². The second-order valence-electron chi connectivity index (χ2n) is 21.3. The molecule has 0 radical (unpaired) electrons. The largest absolute Gasteiger partial charge is 0.446 e. The van der Waals surface area contributed by atoms with Crippen LogP contribution in [0.2, 0.25) is 0 Å². The number of hydrogen-bond acceptors (Lipinski definition) is 8. The first-order valence-electron chi connectivity index (χ1n) is 22.2. The van der Waals surface area contributed by atoms with Crippen LogP contribution in [0.25, 0.3) is 0 Å². The summed E-state index contributed by atoms with van der Waals surface area (Å²) in [6, 6.07) is 0.586. The van der Waals surface area contributed by atoms with Crippen LogP contribution in [0, 0.1) is 56.7 Å². The highest BCUT2D eigenvalue weighted by Gasteiger charge is 2.84. The molecule has 3 aliphatic heterocycles. The van der Waals surface area contributed by atoms with Crippen LogP contribution in [0.1, 0.15) is 120 Å². The summed E-state index contributed by atoms with van der Waals surface area (Å²) in [4.78, 5) is 33.0. The van der Waals surface area contributed by atoms with Crippen molar-refractivity contribution in [3.05, 3.63) is 0 Å². The molecule has 2 spiro atoms. The van der Waals surface area contributed by atoms with Crippen molar-refractivity contribution in [2.75, 3.05) is 52.4 Å². The van der Waals surface area contributed by atoms with Crippen molar-refractivity contribution in [2.45, 2.75) is 157 Å². The Morgan fingerprint density at radius 1 is 0.907 bits per heavy atom. The molecule has 0 aromatic rings. The van der Waals surface area contributed by atoms with Crippen LogP contribution in [0.15, 0.2) is 0 Å². The van der Waals surface area contributed by atoms with Gasteiger partial charge in [0.1, 0.15) is 12.2 Å². The summed E-state index contributed by atoms with van der Waals surface area (Å²) < 4.78 is 19.5. The van der Waals surface area contributed by atoms with Gasteiger partial charge in [0.15, 0.2) is 0 Å². The van der Waals surface area contributed by atoms with E-state index >= 15 is 0 Å². The van der Waals surface area contributed by atoms with E-state index in [9.17, 15) is 14.7 Å². The number of rotatable bonds is 8. The summed E-state index contributed by atoms with van der Waals surface area (Å²) in [7, 11) is 0. The second-order valence-corrected chi connectivity index (χ2v) is 21.3. The van der Waals surface area contributed by atoms with E-state index in [0.29, 0.717) is 30.3 Å². The van der Waals surface area contributed by atoms with Crippen LogP contribution in [-0.4, -0.2) is 121 Å². The lowest BCUT2D eigenvalue weighted by Gasteiger charge is -2.63. The van der Waals surface area contributed by atoms with Crippen molar-refractivity contribution in [3.8, 4) is 0 Å². The minimum Gasteiger partial charge on any atom is -0.446 e. The van der Waals surface area contributed by atoms with Crippen LogP contribution >= 0.6 is 0 Å². The van der Waals surface area contributed by atoms with Crippen molar-refractivity contribution >= 4 is 12.2 Å². The first-order chi connectivity index (χ1) is 25.5. The summed E-state index contributed by atoms with van der Waals surface area (Å²) in [5.74, 6) is 1.72.